The van der Waals surface area contributed by atoms with Crippen molar-refractivity contribution < 1.29 is 9.53 Å². The Balaban J connectivity index is 1.92. The zero-order valence-electron chi connectivity index (χ0n) is 21.8. The standard InChI is InChI=1S/C31H38N2O2/c1-6-33(7-2)20-21-35-31-19-17-26(28-15-11-8-12-24(28)3)22-29(31)30(34)18-16-25-13-9-10-14-27(25)23-32(4)5/h8-19,22H,6-7,20-21,23H2,1-5H3/b18-16+. The van der Waals surface area contributed by atoms with Gasteiger partial charge in [-0.3, -0.25) is 4.79 Å². The van der Waals surface area contributed by atoms with E-state index in [2.05, 4.69) is 48.8 Å². The van der Waals surface area contributed by atoms with Gasteiger partial charge in [0, 0.05) is 13.1 Å². The maximum Gasteiger partial charge on any atom is 0.189 e. The Bertz CT molecular complexity index is 1150. The van der Waals surface area contributed by atoms with Gasteiger partial charge in [-0.2, -0.15) is 0 Å². The van der Waals surface area contributed by atoms with E-state index >= 15 is 0 Å². The molecule has 0 bridgehead atoms. The van der Waals surface area contributed by atoms with Gasteiger partial charge in [0.05, 0.1) is 5.56 Å². The molecule has 0 saturated heterocycles. The van der Waals surface area contributed by atoms with Crippen molar-refractivity contribution in [2.75, 3.05) is 40.3 Å². The van der Waals surface area contributed by atoms with Crippen molar-refractivity contribution in [1.29, 1.82) is 0 Å². The molecule has 0 amide bonds. The normalized spacial score (nSPS) is 11.5. The summed E-state index contributed by atoms with van der Waals surface area (Å²) in [5.41, 5.74) is 6.14. The number of carbonyl (C=O) groups is 1. The minimum absolute atomic E-state index is 0.0575. The number of hydrogen-bond acceptors (Lipinski definition) is 4. The van der Waals surface area contributed by atoms with Crippen LogP contribution in [-0.2, 0) is 6.54 Å². The summed E-state index contributed by atoms with van der Waals surface area (Å²) >= 11 is 0. The number of ketones is 1. The van der Waals surface area contributed by atoms with Gasteiger partial charge in [-0.1, -0.05) is 74.5 Å². The van der Waals surface area contributed by atoms with Gasteiger partial charge < -0.3 is 14.5 Å². The second-order valence-corrected chi connectivity index (χ2v) is 9.04. The summed E-state index contributed by atoms with van der Waals surface area (Å²) in [5.74, 6) is 0.573. The molecule has 0 saturated carbocycles. The van der Waals surface area contributed by atoms with Gasteiger partial charge in [0.2, 0.25) is 0 Å². The topological polar surface area (TPSA) is 32.8 Å². The number of hydrogen-bond donors (Lipinski definition) is 0. The lowest BCUT2D eigenvalue weighted by Crippen LogP contribution is -2.28. The molecule has 0 aliphatic rings. The molecule has 3 aromatic rings. The van der Waals surface area contributed by atoms with Gasteiger partial charge in [0.1, 0.15) is 12.4 Å². The molecular weight excluding hydrogens is 432 g/mol. The second kappa shape index (κ2) is 13.0. The third kappa shape index (κ3) is 7.38. The smallest absolute Gasteiger partial charge is 0.189 e. The Morgan fingerprint density at radius 2 is 1.66 bits per heavy atom. The first-order valence-electron chi connectivity index (χ1n) is 12.4. The first-order chi connectivity index (χ1) is 16.9. The van der Waals surface area contributed by atoms with Crippen LogP contribution in [0.15, 0.2) is 72.8 Å². The lowest BCUT2D eigenvalue weighted by atomic mass is 9.96. The van der Waals surface area contributed by atoms with E-state index in [0.29, 0.717) is 17.9 Å². The van der Waals surface area contributed by atoms with Crippen LogP contribution in [0, 0.1) is 6.92 Å². The summed E-state index contributed by atoms with van der Waals surface area (Å²) < 4.78 is 6.14. The van der Waals surface area contributed by atoms with E-state index in [1.807, 2.05) is 68.7 Å². The number of likely N-dealkylation sites (N-methyl/N-ethyl adjacent to an activating group) is 1. The summed E-state index contributed by atoms with van der Waals surface area (Å²) in [7, 11) is 4.09. The molecule has 0 N–H and O–H groups in total. The summed E-state index contributed by atoms with van der Waals surface area (Å²) in [6, 6.07) is 22.4. The van der Waals surface area contributed by atoms with Crippen LogP contribution < -0.4 is 4.74 Å². The van der Waals surface area contributed by atoms with Crippen molar-refractivity contribution in [2.24, 2.45) is 0 Å². The Hall–Kier alpha value is -3.21. The monoisotopic (exact) mass is 470 g/mol. The fourth-order valence-electron chi connectivity index (χ4n) is 4.17. The highest BCUT2D eigenvalue weighted by atomic mass is 16.5. The average molecular weight is 471 g/mol. The maximum absolute atomic E-state index is 13.5. The molecule has 35 heavy (non-hydrogen) atoms. The summed E-state index contributed by atoms with van der Waals surface area (Å²) in [5, 5.41) is 0. The Labute approximate surface area is 210 Å². The molecule has 3 rings (SSSR count). The molecule has 0 fully saturated rings. The molecule has 4 heteroatoms. The Kier molecular flexibility index (Phi) is 9.83. The van der Waals surface area contributed by atoms with Crippen molar-refractivity contribution in [1.82, 2.24) is 9.80 Å². The minimum atomic E-state index is -0.0575. The number of benzene rings is 3. The van der Waals surface area contributed by atoms with Crippen LogP contribution in [0.2, 0.25) is 0 Å². The molecule has 0 unspecified atom stereocenters. The van der Waals surface area contributed by atoms with E-state index in [1.54, 1.807) is 6.08 Å². The van der Waals surface area contributed by atoms with E-state index in [9.17, 15) is 4.79 Å². The van der Waals surface area contributed by atoms with E-state index in [0.717, 1.165) is 42.9 Å². The third-order valence-electron chi connectivity index (χ3n) is 6.22. The molecule has 0 aliphatic carbocycles. The highest BCUT2D eigenvalue weighted by Gasteiger charge is 2.14. The maximum atomic E-state index is 13.5. The predicted molar refractivity (Wildman–Crippen MR) is 147 cm³/mol. The average Bonchev–Trinajstić information content (AvgIpc) is 2.86. The lowest BCUT2D eigenvalue weighted by Gasteiger charge is -2.19. The second-order valence-electron chi connectivity index (χ2n) is 9.04. The Morgan fingerprint density at radius 1 is 0.943 bits per heavy atom. The van der Waals surface area contributed by atoms with Gasteiger partial charge in [-0.15, -0.1) is 0 Å². The van der Waals surface area contributed by atoms with Gasteiger partial charge in [-0.05, 0) is 80.1 Å². The van der Waals surface area contributed by atoms with Crippen LogP contribution in [0.5, 0.6) is 5.75 Å². The van der Waals surface area contributed by atoms with Crippen molar-refractivity contribution >= 4 is 11.9 Å². The van der Waals surface area contributed by atoms with Crippen LogP contribution in [0.3, 0.4) is 0 Å². The first-order valence-corrected chi connectivity index (χ1v) is 12.4. The number of rotatable bonds is 12. The SMILES string of the molecule is CCN(CC)CCOc1ccc(-c2ccccc2C)cc1C(=O)/C=C/c1ccccc1CN(C)C. The number of ether oxygens (including phenoxy) is 1. The van der Waals surface area contributed by atoms with E-state index in [-0.39, 0.29) is 5.78 Å². The van der Waals surface area contributed by atoms with E-state index in [4.69, 9.17) is 4.74 Å². The molecule has 0 atom stereocenters. The van der Waals surface area contributed by atoms with Gasteiger partial charge in [0.25, 0.3) is 0 Å². The van der Waals surface area contributed by atoms with Crippen LogP contribution >= 0.6 is 0 Å². The molecule has 0 heterocycles. The number of nitrogens with zero attached hydrogens (tertiary/aromatic N) is 2. The number of carbonyl (C=O) groups excluding carboxylic acids is 1. The third-order valence-corrected chi connectivity index (χ3v) is 6.22. The van der Waals surface area contributed by atoms with Crippen molar-refractivity contribution in [3.8, 4) is 16.9 Å². The highest BCUT2D eigenvalue weighted by molar-refractivity contribution is 6.09. The zero-order valence-corrected chi connectivity index (χ0v) is 21.8. The lowest BCUT2D eigenvalue weighted by molar-refractivity contribution is 0.104. The highest BCUT2D eigenvalue weighted by Crippen LogP contribution is 2.29. The summed E-state index contributed by atoms with van der Waals surface area (Å²) in [4.78, 5) is 17.9. The Morgan fingerprint density at radius 3 is 2.37 bits per heavy atom. The van der Waals surface area contributed by atoms with E-state index in [1.165, 1.54) is 11.1 Å². The van der Waals surface area contributed by atoms with Gasteiger partial charge in [-0.25, -0.2) is 0 Å². The van der Waals surface area contributed by atoms with Crippen LogP contribution in [0.4, 0.5) is 0 Å². The minimum Gasteiger partial charge on any atom is -0.491 e. The summed E-state index contributed by atoms with van der Waals surface area (Å²) in [6.45, 7) is 10.5. The molecule has 0 radical (unpaired) electrons. The molecule has 4 nitrogen and oxygen atoms in total. The molecule has 3 aromatic carbocycles. The van der Waals surface area contributed by atoms with Crippen LogP contribution in [-0.4, -0.2) is 55.9 Å². The van der Waals surface area contributed by atoms with Crippen molar-refractivity contribution in [2.45, 2.75) is 27.3 Å². The molecule has 0 aliphatic heterocycles. The number of aryl methyl sites for hydroxylation is 1. The molecule has 0 aromatic heterocycles. The largest absolute Gasteiger partial charge is 0.491 e. The summed E-state index contributed by atoms with van der Waals surface area (Å²) in [6.07, 6.45) is 3.59. The van der Waals surface area contributed by atoms with Crippen LogP contribution in [0.1, 0.15) is 40.9 Å². The van der Waals surface area contributed by atoms with Crippen molar-refractivity contribution in [3.05, 3.63) is 95.1 Å². The zero-order chi connectivity index (χ0) is 25.2. The van der Waals surface area contributed by atoms with E-state index < -0.39 is 0 Å². The fraction of sp³-hybridized carbons (Fsp3) is 0.323. The van der Waals surface area contributed by atoms with Crippen LogP contribution in [0.25, 0.3) is 17.2 Å². The predicted octanol–water partition coefficient (Wildman–Crippen LogP) is 6.34. The number of allylic oxidation sites excluding steroid dienone is 1. The van der Waals surface area contributed by atoms with Gasteiger partial charge in [0.15, 0.2) is 5.78 Å². The molecule has 0 spiro atoms. The molecule has 184 valence electrons. The first kappa shape index (κ1) is 26.4. The fourth-order valence-corrected chi connectivity index (χ4v) is 4.17. The quantitative estimate of drug-likeness (QED) is 0.228. The van der Waals surface area contributed by atoms with Gasteiger partial charge >= 0.3 is 0 Å². The van der Waals surface area contributed by atoms with Crippen molar-refractivity contribution in [3.63, 3.8) is 0 Å². The molecular formula is C31H38N2O2.